The van der Waals surface area contributed by atoms with E-state index in [4.69, 9.17) is 46.4 Å². The zero-order valence-corrected chi connectivity index (χ0v) is 38.3. The van der Waals surface area contributed by atoms with Crippen LogP contribution in [-0.4, -0.2) is 47.3 Å². The highest BCUT2D eigenvalue weighted by molar-refractivity contribution is 6.37. The molecule has 0 spiro atoms. The summed E-state index contributed by atoms with van der Waals surface area (Å²) in [7, 11) is 0. The van der Waals surface area contributed by atoms with Crippen LogP contribution >= 0.6 is 46.4 Å². The summed E-state index contributed by atoms with van der Waals surface area (Å²) in [5.41, 5.74) is -2.33. The van der Waals surface area contributed by atoms with Gasteiger partial charge >= 0.3 is 12.4 Å². The summed E-state index contributed by atoms with van der Waals surface area (Å²) in [5, 5.41) is 24.6. The van der Waals surface area contributed by atoms with Gasteiger partial charge in [-0.25, -0.2) is 0 Å². The van der Waals surface area contributed by atoms with Gasteiger partial charge in [0.05, 0.1) is 65.1 Å². The molecule has 0 saturated heterocycles. The molecular weight excluding hydrogens is 992 g/mol. The number of Topliss-reactive ketones (excluding diaryl/α,β-unsaturated/α-hetero) is 2. The number of nitrogens with zero attached hydrogens (tertiary/aromatic N) is 4. The van der Waals surface area contributed by atoms with E-state index in [0.29, 0.717) is 23.3 Å². The summed E-state index contributed by atoms with van der Waals surface area (Å²) in [6, 6.07) is 11.5. The van der Waals surface area contributed by atoms with E-state index in [0.717, 1.165) is 50.2 Å². The number of amides is 4. The molecule has 0 aliphatic heterocycles. The number of alkyl halides is 6. The third-order valence-corrected chi connectivity index (χ3v) is 10.7. The molecule has 24 heteroatoms. The topological polar surface area (TPSA) is 200 Å². The van der Waals surface area contributed by atoms with Crippen molar-refractivity contribution in [2.45, 2.75) is 52.1 Å². The van der Waals surface area contributed by atoms with Gasteiger partial charge in [0.2, 0.25) is 12.1 Å². The first-order chi connectivity index (χ1) is 31.7. The Kier molecular flexibility index (Phi) is 16.5. The Morgan fingerprint density at radius 3 is 1.24 bits per heavy atom. The van der Waals surface area contributed by atoms with E-state index >= 15 is 0 Å². The minimum atomic E-state index is -4.72. The third kappa shape index (κ3) is 13.2. The molecule has 0 fully saturated rings. The number of hydrogen-bond donors (Lipinski definition) is 4. The van der Waals surface area contributed by atoms with Crippen molar-refractivity contribution < 1.29 is 55.1 Å². The van der Waals surface area contributed by atoms with Gasteiger partial charge in [0.1, 0.15) is 0 Å². The number of benzene rings is 5. The van der Waals surface area contributed by atoms with Gasteiger partial charge in [-0.15, -0.1) is 0 Å². The number of anilines is 4. The summed E-state index contributed by atoms with van der Waals surface area (Å²) in [6.45, 7) is 5.28. The summed E-state index contributed by atoms with van der Waals surface area (Å²) >= 11 is 24.4. The number of azo groups is 2. The maximum atomic E-state index is 13.4. The first-order valence-corrected chi connectivity index (χ1v) is 20.8. The van der Waals surface area contributed by atoms with Crippen LogP contribution in [0.5, 0.6) is 0 Å². The van der Waals surface area contributed by atoms with Crippen molar-refractivity contribution in [1.82, 2.24) is 0 Å². The van der Waals surface area contributed by atoms with Crippen LogP contribution in [0.2, 0.25) is 20.1 Å². The number of carbonyl (C=O) groups excluding carboxylic acids is 6. The largest absolute Gasteiger partial charge is 0.416 e. The molecule has 14 nitrogen and oxygen atoms in total. The second kappa shape index (κ2) is 21.5. The highest BCUT2D eigenvalue weighted by Gasteiger charge is 2.33. The molecule has 0 aromatic heterocycles. The van der Waals surface area contributed by atoms with E-state index in [1.165, 1.54) is 36.4 Å². The second-order valence-electron chi connectivity index (χ2n) is 14.5. The van der Waals surface area contributed by atoms with Crippen LogP contribution in [0.25, 0.3) is 0 Å². The number of halogens is 10. The highest BCUT2D eigenvalue weighted by atomic mass is 35.5. The lowest BCUT2D eigenvalue weighted by atomic mass is 10.1. The fourth-order valence-electron chi connectivity index (χ4n) is 5.99. The molecule has 0 aliphatic carbocycles. The van der Waals surface area contributed by atoms with E-state index in [2.05, 4.69) is 41.7 Å². The molecule has 5 aromatic rings. The first-order valence-electron chi connectivity index (χ1n) is 19.2. The Labute approximate surface area is 401 Å². The minimum Gasteiger partial charge on any atom is -0.324 e. The first kappa shape index (κ1) is 52.2. The van der Waals surface area contributed by atoms with Crippen molar-refractivity contribution in [2.75, 3.05) is 21.3 Å². The molecule has 354 valence electrons. The molecule has 2 atom stereocenters. The summed E-state index contributed by atoms with van der Waals surface area (Å²) in [4.78, 5) is 78.0. The molecule has 0 aliphatic rings. The van der Waals surface area contributed by atoms with E-state index in [9.17, 15) is 55.1 Å². The van der Waals surface area contributed by atoms with Crippen molar-refractivity contribution in [2.24, 2.45) is 20.5 Å². The molecule has 68 heavy (non-hydrogen) atoms. The maximum Gasteiger partial charge on any atom is 0.416 e. The Bertz CT molecular complexity index is 2910. The van der Waals surface area contributed by atoms with Gasteiger partial charge in [-0.05, 0) is 124 Å². The third-order valence-electron chi connectivity index (χ3n) is 9.37. The van der Waals surface area contributed by atoms with Crippen LogP contribution in [0.1, 0.15) is 56.8 Å². The lowest BCUT2D eigenvalue weighted by molar-refractivity contribution is -0.138. The Morgan fingerprint density at radius 1 is 0.500 bits per heavy atom. The van der Waals surface area contributed by atoms with Gasteiger partial charge in [0.15, 0.2) is 11.6 Å². The quantitative estimate of drug-likeness (QED) is 0.0484. The van der Waals surface area contributed by atoms with E-state index in [-0.39, 0.29) is 65.3 Å². The van der Waals surface area contributed by atoms with Crippen molar-refractivity contribution in [3.05, 3.63) is 138 Å². The van der Waals surface area contributed by atoms with Crippen LogP contribution in [0.15, 0.2) is 105 Å². The highest BCUT2D eigenvalue weighted by Crippen LogP contribution is 2.36. The second-order valence-corrected chi connectivity index (χ2v) is 16.2. The number of rotatable bonds is 14. The molecule has 0 radical (unpaired) electrons. The van der Waals surface area contributed by atoms with Crippen LogP contribution in [0, 0.1) is 13.8 Å². The van der Waals surface area contributed by atoms with E-state index < -0.39 is 70.8 Å². The van der Waals surface area contributed by atoms with Gasteiger partial charge in [0, 0.05) is 11.4 Å². The van der Waals surface area contributed by atoms with Crippen LogP contribution in [0.3, 0.4) is 0 Å². The summed E-state index contributed by atoms with van der Waals surface area (Å²) in [5.74, 6) is -5.23. The lowest BCUT2D eigenvalue weighted by Gasteiger charge is -2.17. The van der Waals surface area contributed by atoms with E-state index in [1.807, 2.05) is 0 Å². The van der Waals surface area contributed by atoms with Crippen molar-refractivity contribution in [3.63, 3.8) is 0 Å². The fraction of sp³-hybridized carbons (Fsp3) is 0.182. The normalized spacial score (nSPS) is 12.7. The van der Waals surface area contributed by atoms with Crippen molar-refractivity contribution >= 4 is 116 Å². The summed E-state index contributed by atoms with van der Waals surface area (Å²) < 4.78 is 79.5. The average molecular weight is 1020 g/mol. The van der Waals surface area contributed by atoms with Crippen LogP contribution in [0.4, 0.5) is 60.5 Å². The molecule has 0 bridgehead atoms. The minimum absolute atomic E-state index is 0.0619. The monoisotopic (exact) mass is 1020 g/mol. The predicted molar refractivity (Wildman–Crippen MR) is 243 cm³/mol. The Balaban J connectivity index is 1.27. The average Bonchev–Trinajstić information content (AvgIpc) is 3.23. The number of hydrogen-bond acceptors (Lipinski definition) is 10. The fourth-order valence-corrected chi connectivity index (χ4v) is 6.73. The van der Waals surface area contributed by atoms with Crippen LogP contribution < -0.4 is 21.3 Å². The van der Waals surface area contributed by atoms with Gasteiger partial charge in [-0.3, -0.25) is 28.8 Å². The van der Waals surface area contributed by atoms with Gasteiger partial charge in [0.25, 0.3) is 23.6 Å². The number of nitrogens with one attached hydrogen (secondary N) is 4. The van der Waals surface area contributed by atoms with Crippen molar-refractivity contribution in [1.29, 1.82) is 0 Å². The predicted octanol–water partition coefficient (Wildman–Crippen LogP) is 12.8. The molecule has 0 saturated carbocycles. The smallest absolute Gasteiger partial charge is 0.324 e. The molecule has 0 heterocycles. The standard InChI is InChI=1S/C44H32Cl4F6N8O6/c1-19-13-27(55-41(67)37(21(3)63)61-59-25-7-11-30(45)28(17-25)39(65)56-34-15-23(43(49,50)51)5-9-32(34)47)14-20(2)36(19)58-42(68)38(22(4)64)62-60-26-8-12-31(46)29(18-26)40(66)57-35-16-24(44(52,53)54)6-10-33(35)48/h5-18,37-38H,1-4H3,(H,55,67)(H,56,65)(H,57,66)(H,58,68). The van der Waals surface area contributed by atoms with Gasteiger partial charge < -0.3 is 21.3 Å². The molecule has 5 aromatic carbocycles. The number of ketones is 2. The number of aryl methyl sites for hydroxylation is 2. The summed E-state index contributed by atoms with van der Waals surface area (Å²) in [6.07, 6.45) is -9.44. The molecule has 2 unspecified atom stereocenters. The Morgan fingerprint density at radius 2 is 0.868 bits per heavy atom. The van der Waals surface area contributed by atoms with Crippen molar-refractivity contribution in [3.8, 4) is 0 Å². The SMILES string of the molecule is CC(=O)C(N=Nc1ccc(Cl)c(C(=O)Nc2cc(C(F)(F)F)ccc2Cl)c1)C(=O)Nc1cc(C)c(NC(=O)C(N=Nc2ccc(Cl)c(C(=O)Nc3cc(C(F)(F)F)ccc3Cl)c2)C(C)=O)c(C)c1. The Hall–Kier alpha value is -6.74. The van der Waals surface area contributed by atoms with Gasteiger partial charge in [-0.2, -0.15) is 46.8 Å². The molecule has 4 amide bonds. The zero-order chi connectivity index (χ0) is 50.4. The van der Waals surface area contributed by atoms with Gasteiger partial charge in [-0.1, -0.05) is 46.4 Å². The lowest BCUT2D eigenvalue weighted by Crippen LogP contribution is -2.33. The zero-order valence-electron chi connectivity index (χ0n) is 35.3. The molecule has 4 N–H and O–H groups in total. The van der Waals surface area contributed by atoms with E-state index in [1.54, 1.807) is 13.8 Å². The number of carbonyl (C=O) groups is 6. The molecular formula is C44H32Cl4F6N8O6. The molecule has 5 rings (SSSR count). The van der Waals surface area contributed by atoms with Crippen LogP contribution in [-0.2, 0) is 31.5 Å². The maximum absolute atomic E-state index is 13.4.